The Kier molecular flexibility index (Phi) is 37.8. The molecule has 0 amide bonds. The molecule has 0 saturated heterocycles. The van der Waals surface area contributed by atoms with Crippen LogP contribution in [0.5, 0.6) is 34.5 Å². The highest BCUT2D eigenvalue weighted by Crippen LogP contribution is 2.56. The van der Waals surface area contributed by atoms with Crippen LogP contribution in [0.3, 0.4) is 0 Å². The Balaban J connectivity index is 0.000000272. The quantitative estimate of drug-likeness (QED) is 0.00762. The molecular weight excluding hydrogens is 1930 g/mol. The number of nitrogens with zero attached hydrogens (tertiary/aromatic N) is 4. The summed E-state index contributed by atoms with van der Waals surface area (Å²) in [5.74, 6) is 1.45. The van der Waals surface area contributed by atoms with Gasteiger partial charge in [0, 0.05) is 180 Å². The predicted molar refractivity (Wildman–Crippen MR) is 556 cm³/mol. The van der Waals surface area contributed by atoms with E-state index in [4.69, 9.17) is 65.6 Å². The normalized spacial score (nSPS) is 13.3. The second-order valence-electron chi connectivity index (χ2n) is 37.4. The van der Waals surface area contributed by atoms with E-state index in [0.29, 0.717) is 25.2 Å². The molecule has 142 heavy (non-hydrogen) atoms. The minimum absolute atomic E-state index is 0.00443. The number of nitrogens with two attached hydrogens (primary N) is 4. The fourth-order valence-electron chi connectivity index (χ4n) is 16.1. The van der Waals surface area contributed by atoms with Crippen molar-refractivity contribution in [2.24, 2.45) is 22.9 Å². The van der Waals surface area contributed by atoms with Crippen molar-refractivity contribution in [3.63, 3.8) is 0 Å². The summed E-state index contributed by atoms with van der Waals surface area (Å²) >= 11 is 0. The SMILES string of the molecule is CCOCCOc1c2cc(S(=O)(=O)[O-])cc1Cc1cc(S(=O)(=O)[O-])cc(c1OCCOCC)Cc1cc(S(=O)(=O)[O-])cc(c1OCCOCC)Cc1cc(S(=O)(=O)[O-])cc(c1OCCOCC)C2.CN(C)[C+](N)Nc1cccc(P(c2cccc(N[C+](N)N(C)C)c2)c2cc(C(C)(C)C)cc3c2Oc2c(P(c4cccc(N[C+](N)N(C)C)c4)c4cccc(N[C+](N)N(C)C)c4)cc(C(C)(C)C)cc2C3(C)C)c1. The molecule has 33 nitrogen and oxygen atoms in total. The maximum Gasteiger partial charge on any atom is 0.369 e. The Hall–Kier alpha value is -10.1. The lowest BCUT2D eigenvalue weighted by Crippen LogP contribution is -2.36. The van der Waals surface area contributed by atoms with Crippen LogP contribution >= 0.6 is 15.8 Å². The number of anilines is 4. The molecule has 1 aliphatic heterocycles. The molecule has 10 aromatic carbocycles. The topological polar surface area (TPSA) is 477 Å². The van der Waals surface area contributed by atoms with Gasteiger partial charge in [0.2, 0.25) is 0 Å². The van der Waals surface area contributed by atoms with E-state index in [-0.39, 0.29) is 158 Å². The van der Waals surface area contributed by atoms with E-state index in [0.717, 1.165) is 126 Å². The second-order valence-corrected chi connectivity index (χ2v) is 47.3. The molecule has 8 bridgehead atoms. The van der Waals surface area contributed by atoms with Crippen molar-refractivity contribution in [1.29, 1.82) is 0 Å². The van der Waals surface area contributed by atoms with E-state index in [1.807, 2.05) is 76.0 Å². The summed E-state index contributed by atoms with van der Waals surface area (Å²) in [7, 11) is -8.41. The zero-order valence-electron chi connectivity index (χ0n) is 84.2. The van der Waals surface area contributed by atoms with Crippen LogP contribution in [0.4, 0.5) is 22.7 Å². The van der Waals surface area contributed by atoms with Gasteiger partial charge in [-0.15, -0.1) is 42.5 Å². The fourth-order valence-corrected chi connectivity index (χ4v) is 23.4. The molecule has 0 saturated carbocycles. The maximum absolute atomic E-state index is 12.9. The van der Waals surface area contributed by atoms with Gasteiger partial charge in [0.25, 0.3) is 0 Å². The van der Waals surface area contributed by atoms with Crippen LogP contribution in [-0.2, 0) is 101 Å². The van der Waals surface area contributed by atoms with Gasteiger partial charge in [-0.2, -0.15) is 21.3 Å². The van der Waals surface area contributed by atoms with Gasteiger partial charge >= 0.3 is 25.2 Å². The number of nitrogens with one attached hydrogen (secondary N) is 4. The Morgan fingerprint density at radius 2 is 0.556 bits per heavy atom. The van der Waals surface area contributed by atoms with Crippen LogP contribution < -0.4 is 99.7 Å². The third kappa shape index (κ3) is 28.8. The molecule has 0 radical (unpaired) electrons. The molecule has 764 valence electrons. The summed E-state index contributed by atoms with van der Waals surface area (Å²) in [4.78, 5) is 4.36. The van der Waals surface area contributed by atoms with Crippen LogP contribution in [0.1, 0.15) is 150 Å². The molecule has 2 aliphatic rings. The minimum atomic E-state index is -5.30. The van der Waals surface area contributed by atoms with Gasteiger partial charge in [0.05, 0.1) is 68.8 Å². The zero-order valence-corrected chi connectivity index (χ0v) is 89.2. The molecule has 0 unspecified atom stereocenters. The highest BCUT2D eigenvalue weighted by Gasteiger charge is 2.44. The van der Waals surface area contributed by atoms with E-state index >= 15 is 0 Å². The predicted octanol–water partition coefficient (Wildman–Crippen LogP) is 11.4. The Morgan fingerprint density at radius 1 is 0.345 bits per heavy atom. The van der Waals surface area contributed by atoms with Crippen molar-refractivity contribution >= 4 is 111 Å². The van der Waals surface area contributed by atoms with Crippen molar-refractivity contribution in [3.8, 4) is 34.5 Å². The molecule has 39 heteroatoms. The monoisotopic (exact) mass is 2060 g/mol. The first kappa shape index (κ1) is 112. The minimum Gasteiger partial charge on any atom is -0.744 e. The summed E-state index contributed by atoms with van der Waals surface area (Å²) in [6.45, 7) is 25.9. The lowest BCUT2D eigenvalue weighted by Gasteiger charge is -2.41. The lowest BCUT2D eigenvalue weighted by atomic mass is 9.72. The number of benzene rings is 10. The molecule has 0 atom stereocenters. The average Bonchev–Trinajstić information content (AvgIpc) is 0.707. The highest BCUT2D eigenvalue weighted by molar-refractivity contribution is 7.86. The Morgan fingerprint density at radius 3 is 0.739 bits per heavy atom. The van der Waals surface area contributed by atoms with Crippen LogP contribution in [0.2, 0.25) is 0 Å². The molecule has 0 aromatic heterocycles. The van der Waals surface area contributed by atoms with Crippen molar-refractivity contribution in [2.45, 2.75) is 145 Å². The molecule has 12 N–H and O–H groups in total. The number of rotatable bonds is 42. The van der Waals surface area contributed by atoms with Crippen LogP contribution in [-0.4, -0.2) is 207 Å². The number of hydrogen-bond acceptors (Lipinski definition) is 33. The molecular formula is C103H132N12O21P2S4. The molecule has 10 aromatic rings. The van der Waals surface area contributed by atoms with Crippen LogP contribution in [0.15, 0.2) is 189 Å². The molecule has 0 spiro atoms. The maximum atomic E-state index is 12.9. The van der Waals surface area contributed by atoms with Gasteiger partial charge in [-0.3, -0.25) is 0 Å². The van der Waals surface area contributed by atoms with Gasteiger partial charge in [-0.25, -0.2) is 33.7 Å². The van der Waals surface area contributed by atoms with E-state index in [1.54, 1.807) is 27.7 Å². The first-order valence-electron chi connectivity index (χ1n) is 46.3. The molecule has 1 aliphatic carbocycles. The summed E-state index contributed by atoms with van der Waals surface area (Å²) in [5, 5.41) is 20.5. The van der Waals surface area contributed by atoms with E-state index in [9.17, 15) is 51.9 Å². The lowest BCUT2D eigenvalue weighted by molar-refractivity contribution is 0.108. The largest absolute Gasteiger partial charge is 0.744 e. The number of hydrogen-bond donors (Lipinski definition) is 8. The summed E-state index contributed by atoms with van der Waals surface area (Å²) in [6, 6.07) is 52.1. The summed E-state index contributed by atoms with van der Waals surface area (Å²) in [6.07, 6.45) is 0.157. The van der Waals surface area contributed by atoms with E-state index in [2.05, 4.69) is 198 Å². The first-order valence-corrected chi connectivity index (χ1v) is 54.7. The number of ether oxygens (including phenoxy) is 9. The van der Waals surface area contributed by atoms with Gasteiger partial charge in [0.15, 0.2) is 0 Å². The zero-order chi connectivity index (χ0) is 104. The van der Waals surface area contributed by atoms with Crippen molar-refractivity contribution < 1.29 is 94.5 Å². The molecule has 12 rings (SSSR count). The van der Waals surface area contributed by atoms with Crippen LogP contribution in [0, 0.1) is 25.2 Å². The number of fused-ring (bicyclic) bond motifs is 10. The average molecular weight is 2060 g/mol. The summed E-state index contributed by atoms with van der Waals surface area (Å²) < 4.78 is 210. The molecule has 0 fully saturated rings. The highest BCUT2D eigenvalue weighted by atomic mass is 32.2. The second kappa shape index (κ2) is 47.8. The van der Waals surface area contributed by atoms with Crippen molar-refractivity contribution in [1.82, 2.24) is 19.6 Å². The van der Waals surface area contributed by atoms with Gasteiger partial charge in [-0.05, 0) is 196 Å². The summed E-state index contributed by atoms with van der Waals surface area (Å²) in [5.41, 5.74) is 33.0. The third-order valence-electron chi connectivity index (χ3n) is 23.6. The fraction of sp³-hybridized carbons (Fsp3) is 0.379. The first-order chi connectivity index (χ1) is 66.7. The Bertz CT molecular complexity index is 5790. The molecule has 1 heterocycles. The standard InChI is InChI=1S/C59H80N12OP2.C44H56O20S4/c1-57(2,3)37-29-47-51(49(31-37)73(43-25-17-21-39(33-43)64-53(60)68(9)10)44-26-18-22-40(34-44)65-54(61)69(11)12)72-52-48(59(47,7)8)30-38(58(4,5)6)32-50(52)74(45-27-19-23-41(35-45)66-55(62)70(13)14)46-28-20-24-42(36-46)67-56(63)71(15)16;1-5-57-9-13-61-41-29-17-31-23-38(66(48,49)50)25-33(42(31)62-14-10-58-6-2)19-35-27-40(68(54,55)56)28-36(44(35)64-16-12-60-8-4)20-34-26-39(67(51,52)53)24-32(43(34)63-15-11-59-7-3)18-30(41)22-37(21-29)65(45,46)47/h17-36,64-67H,60-63H2,1-16H3;21-28H,5-20H2,1-4H3,(H,45,46,47)(H,48,49,50)(H,51,52,53)(H,54,55,56)/q+4;/p-4. The van der Waals surface area contributed by atoms with Gasteiger partial charge in [-0.1, -0.05) is 116 Å². The van der Waals surface area contributed by atoms with Crippen LogP contribution in [0.25, 0.3) is 0 Å². The smallest absolute Gasteiger partial charge is 0.369 e. The Labute approximate surface area is 840 Å². The van der Waals surface area contributed by atoms with Crippen molar-refractivity contribution in [3.05, 3.63) is 262 Å². The van der Waals surface area contributed by atoms with Gasteiger partial charge < -0.3 is 60.8 Å². The van der Waals surface area contributed by atoms with Crippen molar-refractivity contribution in [2.75, 3.05) is 157 Å². The van der Waals surface area contributed by atoms with E-state index in [1.165, 1.54) is 11.1 Å². The van der Waals surface area contributed by atoms with E-state index < -0.39 is 107 Å². The third-order valence-corrected chi connectivity index (χ3v) is 31.7. The van der Waals surface area contributed by atoms with Gasteiger partial charge in [0.1, 0.15) is 101 Å².